The zero-order valence-electron chi connectivity index (χ0n) is 16.1. The fraction of sp³-hybridized carbons (Fsp3) is 0.273. The van der Waals surface area contributed by atoms with Gasteiger partial charge in [-0.2, -0.15) is 5.26 Å². The number of carbonyl (C=O) groups is 1. The number of hydrogen-bond donors (Lipinski definition) is 1. The van der Waals surface area contributed by atoms with Gasteiger partial charge < -0.3 is 14.8 Å². The molecule has 1 amide bonds. The Hall–Kier alpha value is -3.26. The molecule has 2 aromatic rings. The summed E-state index contributed by atoms with van der Waals surface area (Å²) >= 11 is 0. The first-order valence-corrected chi connectivity index (χ1v) is 8.89. The maximum atomic E-state index is 12.6. The van der Waals surface area contributed by atoms with Crippen LogP contribution in [0.3, 0.4) is 0 Å². The number of rotatable bonds is 7. The highest BCUT2D eigenvalue weighted by Gasteiger charge is 2.13. The standard InChI is InChI=1S/C22H24N2O3/c1-5-26-19-11-10-17(13-20(19)27-6-2)12-18(14-23)22(25)24-21-15(3)8-7-9-16(21)4/h7-13H,5-6H2,1-4H3,(H,24,25)/b18-12-. The van der Waals surface area contributed by atoms with Crippen LogP contribution in [0.4, 0.5) is 5.69 Å². The topological polar surface area (TPSA) is 71.3 Å². The fourth-order valence-corrected chi connectivity index (χ4v) is 2.67. The van der Waals surface area contributed by atoms with Gasteiger partial charge in [-0.05, 0) is 62.6 Å². The molecule has 140 valence electrons. The minimum Gasteiger partial charge on any atom is -0.490 e. The lowest BCUT2D eigenvalue weighted by Gasteiger charge is -2.12. The first-order valence-electron chi connectivity index (χ1n) is 8.89. The SMILES string of the molecule is CCOc1ccc(/C=C(/C#N)C(=O)Nc2c(C)cccc2C)cc1OCC. The molecule has 2 rings (SSSR count). The number of carbonyl (C=O) groups excluding carboxylic acids is 1. The smallest absolute Gasteiger partial charge is 0.266 e. The van der Waals surface area contributed by atoms with E-state index in [4.69, 9.17) is 9.47 Å². The van der Waals surface area contributed by atoms with Crippen LogP contribution < -0.4 is 14.8 Å². The van der Waals surface area contributed by atoms with Crippen molar-refractivity contribution in [2.75, 3.05) is 18.5 Å². The Kier molecular flexibility index (Phi) is 7.01. The van der Waals surface area contributed by atoms with E-state index < -0.39 is 5.91 Å². The van der Waals surface area contributed by atoms with Crippen LogP contribution in [0, 0.1) is 25.2 Å². The highest BCUT2D eigenvalue weighted by molar-refractivity contribution is 6.10. The van der Waals surface area contributed by atoms with Crippen LogP contribution in [0.15, 0.2) is 42.0 Å². The molecule has 27 heavy (non-hydrogen) atoms. The Morgan fingerprint density at radius 2 is 1.70 bits per heavy atom. The summed E-state index contributed by atoms with van der Waals surface area (Å²) in [7, 11) is 0. The molecule has 0 spiro atoms. The van der Waals surface area contributed by atoms with Gasteiger partial charge in [-0.1, -0.05) is 24.3 Å². The summed E-state index contributed by atoms with van der Waals surface area (Å²) in [6, 6.07) is 13.1. The molecule has 1 N–H and O–H groups in total. The summed E-state index contributed by atoms with van der Waals surface area (Å²) in [4.78, 5) is 12.6. The van der Waals surface area contributed by atoms with E-state index in [1.54, 1.807) is 24.3 Å². The number of ether oxygens (including phenoxy) is 2. The minimum atomic E-state index is -0.443. The molecule has 5 heteroatoms. The monoisotopic (exact) mass is 364 g/mol. The number of benzene rings is 2. The molecule has 0 aliphatic rings. The third kappa shape index (κ3) is 5.11. The lowest BCUT2D eigenvalue weighted by molar-refractivity contribution is -0.112. The van der Waals surface area contributed by atoms with Crippen LogP contribution in [0.2, 0.25) is 0 Å². The molecule has 0 aliphatic carbocycles. The van der Waals surface area contributed by atoms with Crippen molar-refractivity contribution in [3.05, 3.63) is 58.7 Å². The Morgan fingerprint density at radius 1 is 1.07 bits per heavy atom. The second kappa shape index (κ2) is 9.44. The molecule has 0 fully saturated rings. The molecule has 2 aromatic carbocycles. The predicted octanol–water partition coefficient (Wildman–Crippen LogP) is 4.65. The van der Waals surface area contributed by atoms with Gasteiger partial charge in [0.25, 0.3) is 5.91 Å². The molecule has 0 radical (unpaired) electrons. The minimum absolute atomic E-state index is 0.0178. The maximum absolute atomic E-state index is 12.6. The summed E-state index contributed by atoms with van der Waals surface area (Å²) in [6.45, 7) is 8.63. The zero-order valence-corrected chi connectivity index (χ0v) is 16.1. The number of nitriles is 1. The van der Waals surface area contributed by atoms with E-state index in [0.717, 1.165) is 16.8 Å². The average molecular weight is 364 g/mol. The van der Waals surface area contributed by atoms with Crippen molar-refractivity contribution in [1.29, 1.82) is 5.26 Å². The molecule has 0 unspecified atom stereocenters. The summed E-state index contributed by atoms with van der Waals surface area (Å²) in [6.07, 6.45) is 1.54. The quantitative estimate of drug-likeness (QED) is 0.573. The number of aryl methyl sites for hydroxylation is 2. The van der Waals surface area contributed by atoms with Gasteiger partial charge in [0.2, 0.25) is 0 Å². The number of anilines is 1. The number of para-hydroxylation sites is 1. The van der Waals surface area contributed by atoms with Crippen LogP contribution >= 0.6 is 0 Å². The van der Waals surface area contributed by atoms with E-state index in [0.29, 0.717) is 30.3 Å². The molecular formula is C22H24N2O3. The summed E-state index contributed by atoms with van der Waals surface area (Å²) in [5.41, 5.74) is 3.32. The van der Waals surface area contributed by atoms with E-state index in [1.165, 1.54) is 0 Å². The molecule has 0 saturated heterocycles. The molecule has 5 nitrogen and oxygen atoms in total. The molecular weight excluding hydrogens is 340 g/mol. The van der Waals surface area contributed by atoms with E-state index in [9.17, 15) is 10.1 Å². The van der Waals surface area contributed by atoms with Gasteiger partial charge in [0.15, 0.2) is 11.5 Å². The van der Waals surface area contributed by atoms with Gasteiger partial charge in [-0.15, -0.1) is 0 Å². The largest absolute Gasteiger partial charge is 0.490 e. The fourth-order valence-electron chi connectivity index (χ4n) is 2.67. The van der Waals surface area contributed by atoms with Crippen molar-refractivity contribution in [3.8, 4) is 17.6 Å². The van der Waals surface area contributed by atoms with E-state index in [-0.39, 0.29) is 5.57 Å². The van der Waals surface area contributed by atoms with Crippen LogP contribution in [-0.4, -0.2) is 19.1 Å². The zero-order chi connectivity index (χ0) is 19.8. The van der Waals surface area contributed by atoms with E-state index in [1.807, 2.05) is 52.0 Å². The number of amides is 1. The van der Waals surface area contributed by atoms with Crippen molar-refractivity contribution in [2.24, 2.45) is 0 Å². The molecule has 0 aliphatic heterocycles. The molecule has 0 saturated carbocycles. The lowest BCUT2D eigenvalue weighted by atomic mass is 10.1. The van der Waals surface area contributed by atoms with E-state index >= 15 is 0 Å². The third-order valence-corrected chi connectivity index (χ3v) is 3.96. The highest BCUT2D eigenvalue weighted by atomic mass is 16.5. The van der Waals surface area contributed by atoms with Gasteiger partial charge in [-0.3, -0.25) is 4.79 Å². The van der Waals surface area contributed by atoms with Crippen LogP contribution in [-0.2, 0) is 4.79 Å². The molecule has 0 heterocycles. The second-order valence-corrected chi connectivity index (χ2v) is 5.96. The Bertz CT molecular complexity index is 875. The Morgan fingerprint density at radius 3 is 2.30 bits per heavy atom. The van der Waals surface area contributed by atoms with Crippen LogP contribution in [0.5, 0.6) is 11.5 Å². The van der Waals surface area contributed by atoms with Gasteiger partial charge in [0.05, 0.1) is 13.2 Å². The van der Waals surface area contributed by atoms with Crippen molar-refractivity contribution < 1.29 is 14.3 Å². The van der Waals surface area contributed by atoms with Gasteiger partial charge in [0.1, 0.15) is 11.6 Å². The van der Waals surface area contributed by atoms with Gasteiger partial charge in [0, 0.05) is 5.69 Å². The molecule has 0 aromatic heterocycles. The first kappa shape index (κ1) is 20.1. The maximum Gasteiger partial charge on any atom is 0.266 e. The second-order valence-electron chi connectivity index (χ2n) is 5.96. The van der Waals surface area contributed by atoms with Crippen LogP contribution in [0.25, 0.3) is 6.08 Å². The normalized spacial score (nSPS) is 10.9. The molecule has 0 bridgehead atoms. The number of nitrogens with one attached hydrogen (secondary N) is 1. The number of hydrogen-bond acceptors (Lipinski definition) is 4. The number of nitrogens with zero attached hydrogens (tertiary/aromatic N) is 1. The summed E-state index contributed by atoms with van der Waals surface area (Å²) < 4.78 is 11.1. The molecule has 0 atom stereocenters. The summed E-state index contributed by atoms with van der Waals surface area (Å²) in [5, 5.41) is 12.3. The van der Waals surface area contributed by atoms with Crippen molar-refractivity contribution in [2.45, 2.75) is 27.7 Å². The highest BCUT2D eigenvalue weighted by Crippen LogP contribution is 2.29. The van der Waals surface area contributed by atoms with Crippen molar-refractivity contribution in [3.63, 3.8) is 0 Å². The van der Waals surface area contributed by atoms with Gasteiger partial charge >= 0.3 is 0 Å². The van der Waals surface area contributed by atoms with E-state index in [2.05, 4.69) is 5.32 Å². The first-order chi connectivity index (χ1) is 13.0. The van der Waals surface area contributed by atoms with Crippen molar-refractivity contribution >= 4 is 17.7 Å². The third-order valence-electron chi connectivity index (χ3n) is 3.96. The average Bonchev–Trinajstić information content (AvgIpc) is 2.65. The lowest BCUT2D eigenvalue weighted by Crippen LogP contribution is -2.15. The summed E-state index contributed by atoms with van der Waals surface area (Å²) in [5.74, 6) is 0.775. The predicted molar refractivity (Wildman–Crippen MR) is 107 cm³/mol. The van der Waals surface area contributed by atoms with Crippen LogP contribution in [0.1, 0.15) is 30.5 Å². The Balaban J connectivity index is 2.31. The van der Waals surface area contributed by atoms with Crippen molar-refractivity contribution in [1.82, 2.24) is 0 Å². The van der Waals surface area contributed by atoms with Gasteiger partial charge in [-0.25, -0.2) is 0 Å². The Labute approximate surface area is 160 Å².